The van der Waals surface area contributed by atoms with E-state index in [0.717, 1.165) is 37.1 Å². The molecule has 1 saturated heterocycles. The predicted octanol–water partition coefficient (Wildman–Crippen LogP) is 3.31. The first-order chi connectivity index (χ1) is 8.81. The maximum atomic E-state index is 5.62. The molecule has 2 atom stereocenters. The van der Waals surface area contributed by atoms with Crippen molar-refractivity contribution in [2.75, 3.05) is 19.8 Å². The van der Waals surface area contributed by atoms with Crippen molar-refractivity contribution >= 4 is 15.9 Å². The lowest BCUT2D eigenvalue weighted by atomic mass is 9.89. The lowest BCUT2D eigenvalue weighted by Crippen LogP contribution is -2.34. The summed E-state index contributed by atoms with van der Waals surface area (Å²) >= 11 is 3.50. The Kier molecular flexibility index (Phi) is 5.60. The van der Waals surface area contributed by atoms with E-state index in [2.05, 4.69) is 39.2 Å². The highest BCUT2D eigenvalue weighted by Crippen LogP contribution is 2.29. The highest BCUT2D eigenvalue weighted by molar-refractivity contribution is 9.10. The molecule has 1 aromatic rings. The largest absolute Gasteiger partial charge is 0.381 e. The summed E-state index contributed by atoms with van der Waals surface area (Å²) in [6, 6.07) is 2.52. The first kappa shape index (κ1) is 14.0. The summed E-state index contributed by atoms with van der Waals surface area (Å²) in [5.74, 6) is 0.557. The van der Waals surface area contributed by atoms with E-state index in [1.54, 1.807) is 0 Å². The van der Waals surface area contributed by atoms with Crippen LogP contribution < -0.4 is 5.32 Å². The van der Waals surface area contributed by atoms with Crippen LogP contribution in [0.3, 0.4) is 0 Å². The van der Waals surface area contributed by atoms with Gasteiger partial charge in [0, 0.05) is 35.4 Å². The normalized spacial score (nSPS) is 21.8. The van der Waals surface area contributed by atoms with Crippen molar-refractivity contribution in [3.05, 3.63) is 28.5 Å². The number of nitrogens with one attached hydrogen (secondary N) is 1. The van der Waals surface area contributed by atoms with Gasteiger partial charge >= 0.3 is 0 Å². The van der Waals surface area contributed by atoms with Crippen LogP contribution in [0.2, 0.25) is 0 Å². The number of aromatic nitrogens is 1. The fraction of sp³-hybridized carbons (Fsp3) is 0.643. The lowest BCUT2D eigenvalue weighted by molar-refractivity contribution is 0.0390. The number of hydrogen-bond acceptors (Lipinski definition) is 3. The van der Waals surface area contributed by atoms with Crippen molar-refractivity contribution in [1.82, 2.24) is 10.3 Å². The van der Waals surface area contributed by atoms with Gasteiger partial charge in [0.15, 0.2) is 0 Å². The molecule has 0 aliphatic carbocycles. The summed E-state index contributed by atoms with van der Waals surface area (Å²) in [6.45, 7) is 5.00. The third-order valence-corrected chi connectivity index (χ3v) is 3.80. The highest BCUT2D eigenvalue weighted by atomic mass is 79.9. The summed E-state index contributed by atoms with van der Waals surface area (Å²) in [7, 11) is 0. The second-order valence-corrected chi connectivity index (χ2v) is 5.76. The van der Waals surface area contributed by atoms with Crippen molar-refractivity contribution < 1.29 is 4.74 Å². The van der Waals surface area contributed by atoms with Gasteiger partial charge in [-0.25, -0.2) is 0 Å². The monoisotopic (exact) mass is 312 g/mol. The van der Waals surface area contributed by atoms with E-state index < -0.39 is 0 Å². The summed E-state index contributed by atoms with van der Waals surface area (Å²) < 4.78 is 6.66. The predicted molar refractivity (Wildman–Crippen MR) is 76.5 cm³/mol. The number of ether oxygens (including phenoxy) is 1. The fourth-order valence-corrected chi connectivity index (χ4v) is 2.87. The SMILES string of the molecule is CCCNC(c1cncc(Br)c1)C1CCCOC1. The number of hydrogen-bond donors (Lipinski definition) is 1. The molecule has 1 fully saturated rings. The molecule has 0 spiro atoms. The van der Waals surface area contributed by atoms with Gasteiger partial charge in [0.05, 0.1) is 6.61 Å². The van der Waals surface area contributed by atoms with E-state index >= 15 is 0 Å². The minimum atomic E-state index is 0.357. The minimum Gasteiger partial charge on any atom is -0.381 e. The molecular weight excluding hydrogens is 292 g/mol. The topological polar surface area (TPSA) is 34.2 Å². The molecule has 1 aliphatic heterocycles. The van der Waals surface area contributed by atoms with Crippen LogP contribution in [-0.4, -0.2) is 24.7 Å². The lowest BCUT2D eigenvalue weighted by Gasteiger charge is -2.31. The van der Waals surface area contributed by atoms with E-state index in [1.165, 1.54) is 12.0 Å². The first-order valence-electron chi connectivity index (χ1n) is 6.73. The first-order valence-corrected chi connectivity index (χ1v) is 7.52. The molecule has 0 bridgehead atoms. The number of halogens is 1. The van der Waals surface area contributed by atoms with Gasteiger partial charge in [-0.1, -0.05) is 6.92 Å². The molecule has 0 radical (unpaired) electrons. The average molecular weight is 313 g/mol. The smallest absolute Gasteiger partial charge is 0.0512 e. The van der Waals surface area contributed by atoms with Gasteiger partial charge in [-0.3, -0.25) is 4.98 Å². The molecule has 0 aromatic carbocycles. The Bertz CT molecular complexity index is 367. The van der Waals surface area contributed by atoms with E-state index in [0.29, 0.717) is 12.0 Å². The molecule has 3 nitrogen and oxygen atoms in total. The van der Waals surface area contributed by atoms with Gasteiger partial charge in [0.1, 0.15) is 0 Å². The van der Waals surface area contributed by atoms with Crippen molar-refractivity contribution in [2.24, 2.45) is 5.92 Å². The van der Waals surface area contributed by atoms with Gasteiger partial charge in [0.2, 0.25) is 0 Å². The van der Waals surface area contributed by atoms with Gasteiger partial charge in [0.25, 0.3) is 0 Å². The van der Waals surface area contributed by atoms with Crippen molar-refractivity contribution in [2.45, 2.75) is 32.2 Å². The summed E-state index contributed by atoms with van der Waals surface area (Å²) in [6.07, 6.45) is 7.33. The Balaban J connectivity index is 2.12. The van der Waals surface area contributed by atoms with E-state index in [1.807, 2.05) is 12.4 Å². The summed E-state index contributed by atoms with van der Waals surface area (Å²) in [5.41, 5.74) is 1.26. The van der Waals surface area contributed by atoms with Gasteiger partial charge in [-0.05, 0) is 53.4 Å². The zero-order chi connectivity index (χ0) is 12.8. The summed E-state index contributed by atoms with van der Waals surface area (Å²) in [5, 5.41) is 3.64. The molecule has 1 aliphatic rings. The maximum absolute atomic E-state index is 5.62. The van der Waals surface area contributed by atoms with Gasteiger partial charge in [-0.2, -0.15) is 0 Å². The van der Waals surface area contributed by atoms with Crippen LogP contribution in [0.15, 0.2) is 22.9 Å². The standard InChI is InChI=1S/C14H21BrN2O/c1-2-5-17-14(11-4-3-6-18-10-11)12-7-13(15)9-16-8-12/h7-9,11,14,17H,2-6,10H2,1H3. The molecule has 18 heavy (non-hydrogen) atoms. The Morgan fingerprint density at radius 3 is 3.11 bits per heavy atom. The molecule has 1 aromatic heterocycles. The zero-order valence-electron chi connectivity index (χ0n) is 10.9. The second kappa shape index (κ2) is 7.22. The van der Waals surface area contributed by atoms with Crippen LogP contribution in [0.25, 0.3) is 0 Å². The molecule has 0 amide bonds. The number of nitrogens with zero attached hydrogens (tertiary/aromatic N) is 1. The zero-order valence-corrected chi connectivity index (χ0v) is 12.4. The molecular formula is C14H21BrN2O. The summed E-state index contributed by atoms with van der Waals surface area (Å²) in [4.78, 5) is 4.28. The molecule has 2 heterocycles. The van der Waals surface area contributed by atoms with Crippen LogP contribution in [0.5, 0.6) is 0 Å². The number of rotatable bonds is 5. The maximum Gasteiger partial charge on any atom is 0.0512 e. The minimum absolute atomic E-state index is 0.357. The van der Waals surface area contributed by atoms with E-state index in [9.17, 15) is 0 Å². The highest BCUT2D eigenvalue weighted by Gasteiger charge is 2.25. The number of pyridine rings is 1. The quantitative estimate of drug-likeness (QED) is 0.905. The van der Waals surface area contributed by atoms with Crippen LogP contribution in [0.4, 0.5) is 0 Å². The van der Waals surface area contributed by atoms with Crippen molar-refractivity contribution in [3.63, 3.8) is 0 Å². The van der Waals surface area contributed by atoms with Gasteiger partial charge < -0.3 is 10.1 Å². The van der Waals surface area contributed by atoms with Crippen molar-refractivity contribution in [3.8, 4) is 0 Å². The van der Waals surface area contributed by atoms with Crippen LogP contribution in [0, 0.1) is 5.92 Å². The third-order valence-electron chi connectivity index (χ3n) is 3.37. The second-order valence-electron chi connectivity index (χ2n) is 4.85. The molecule has 1 N–H and O–H groups in total. The molecule has 2 rings (SSSR count). The third kappa shape index (κ3) is 3.77. The molecule has 2 unspecified atom stereocenters. The van der Waals surface area contributed by atoms with Crippen LogP contribution in [0.1, 0.15) is 37.8 Å². The van der Waals surface area contributed by atoms with Crippen molar-refractivity contribution in [1.29, 1.82) is 0 Å². The van der Waals surface area contributed by atoms with Crippen LogP contribution >= 0.6 is 15.9 Å². The Morgan fingerprint density at radius 2 is 2.44 bits per heavy atom. The van der Waals surface area contributed by atoms with Gasteiger partial charge in [-0.15, -0.1) is 0 Å². The molecule has 4 heteroatoms. The fourth-order valence-electron chi connectivity index (χ4n) is 2.48. The molecule has 0 saturated carbocycles. The molecule has 100 valence electrons. The Labute approximate surface area is 117 Å². The van der Waals surface area contributed by atoms with E-state index in [-0.39, 0.29) is 0 Å². The van der Waals surface area contributed by atoms with E-state index in [4.69, 9.17) is 4.74 Å². The Hall–Kier alpha value is -0.450. The Morgan fingerprint density at radius 1 is 1.56 bits per heavy atom. The average Bonchev–Trinajstić information content (AvgIpc) is 2.40. The van der Waals surface area contributed by atoms with Crippen LogP contribution in [-0.2, 0) is 4.74 Å².